The largest absolute Gasteiger partial charge is 0.476 e. The predicted molar refractivity (Wildman–Crippen MR) is 127 cm³/mol. The lowest BCUT2D eigenvalue weighted by Crippen LogP contribution is -2.44. The Hall–Kier alpha value is -4.10. The highest BCUT2D eigenvalue weighted by molar-refractivity contribution is 6.32. The Morgan fingerprint density at radius 1 is 1.08 bits per heavy atom. The van der Waals surface area contributed by atoms with Crippen LogP contribution >= 0.6 is 11.6 Å². The van der Waals surface area contributed by atoms with E-state index in [4.69, 9.17) is 25.8 Å². The van der Waals surface area contributed by atoms with Gasteiger partial charge in [0.15, 0.2) is 11.5 Å². The van der Waals surface area contributed by atoms with Crippen LogP contribution in [-0.4, -0.2) is 33.1 Å². The van der Waals surface area contributed by atoms with Gasteiger partial charge in [-0.1, -0.05) is 29.8 Å². The summed E-state index contributed by atoms with van der Waals surface area (Å²) in [6, 6.07) is 7.33. The van der Waals surface area contributed by atoms with Gasteiger partial charge in [0.05, 0.1) is 10.7 Å². The van der Waals surface area contributed by atoms with Gasteiger partial charge in [0, 0.05) is 26.3 Å². The second-order valence-corrected chi connectivity index (χ2v) is 8.01. The van der Waals surface area contributed by atoms with Gasteiger partial charge in [-0.15, -0.1) is 0 Å². The summed E-state index contributed by atoms with van der Waals surface area (Å²) in [6.07, 6.45) is -2.50. The van der Waals surface area contributed by atoms with Gasteiger partial charge in [0.2, 0.25) is 0 Å². The molecular weight excluding hydrogens is 540 g/mol. The van der Waals surface area contributed by atoms with Crippen molar-refractivity contribution < 1.29 is 41.7 Å². The van der Waals surface area contributed by atoms with Crippen LogP contribution in [0, 0.1) is 5.82 Å². The lowest BCUT2D eigenvalue weighted by atomic mass is 10.2. The van der Waals surface area contributed by atoms with Crippen LogP contribution in [0.25, 0.3) is 5.69 Å². The zero-order valence-corrected chi connectivity index (χ0v) is 20.6. The molecule has 14 heteroatoms. The van der Waals surface area contributed by atoms with Crippen molar-refractivity contribution in [2.45, 2.75) is 18.9 Å². The minimum Gasteiger partial charge on any atom is -0.476 e. The smallest absolute Gasteiger partial charge is 0.431 e. The summed E-state index contributed by atoms with van der Waals surface area (Å²) >= 11 is 6.09. The molecule has 0 bridgehead atoms. The summed E-state index contributed by atoms with van der Waals surface area (Å²) in [4.78, 5) is 36.9. The van der Waals surface area contributed by atoms with Gasteiger partial charge in [-0.3, -0.25) is 9.36 Å². The van der Waals surface area contributed by atoms with Crippen LogP contribution in [0.1, 0.15) is 12.6 Å². The normalized spacial score (nSPS) is 13.4. The highest BCUT2D eigenvalue weighted by Crippen LogP contribution is 2.38. The molecular formula is C24H19ClF4N2O7. The molecule has 0 radical (unpaired) electrons. The molecule has 38 heavy (non-hydrogen) atoms. The monoisotopic (exact) mass is 558 g/mol. The highest BCUT2D eigenvalue weighted by atomic mass is 35.5. The Kier molecular flexibility index (Phi) is 8.03. The Bertz CT molecular complexity index is 1530. The van der Waals surface area contributed by atoms with Crippen molar-refractivity contribution in [3.8, 4) is 22.9 Å². The number of ether oxygens (including phenoxy) is 3. The molecule has 9 nitrogen and oxygen atoms in total. The van der Waals surface area contributed by atoms with Crippen LogP contribution in [0.5, 0.6) is 17.2 Å². The first-order valence-corrected chi connectivity index (χ1v) is 10.9. The maximum atomic E-state index is 14.8. The van der Waals surface area contributed by atoms with Crippen LogP contribution in [0.3, 0.4) is 0 Å². The molecule has 2 aromatic carbocycles. The van der Waals surface area contributed by atoms with E-state index in [1.807, 2.05) is 0 Å². The number of hydrogen-bond donors (Lipinski definition) is 1. The molecule has 202 valence electrons. The zero-order valence-electron chi connectivity index (χ0n) is 19.9. The molecule has 0 amide bonds. The molecule has 1 atom stereocenters. The van der Waals surface area contributed by atoms with E-state index < -0.39 is 46.4 Å². The molecule has 3 aromatic rings. The number of alkyl halides is 3. The number of aliphatic carboxylic acids is 1. The van der Waals surface area contributed by atoms with Crippen LogP contribution in [0.4, 0.5) is 17.6 Å². The molecule has 0 aliphatic carbocycles. The van der Waals surface area contributed by atoms with Gasteiger partial charge in [-0.05, 0) is 31.2 Å². The summed E-state index contributed by atoms with van der Waals surface area (Å²) in [5.41, 5.74) is -5.19. The molecule has 1 unspecified atom stereocenters. The van der Waals surface area contributed by atoms with E-state index in [1.165, 1.54) is 37.3 Å². The third-order valence-corrected chi connectivity index (χ3v) is 5.47. The number of rotatable bonds is 8. The van der Waals surface area contributed by atoms with Gasteiger partial charge < -0.3 is 19.3 Å². The van der Waals surface area contributed by atoms with Crippen LogP contribution in [-0.2, 0) is 22.8 Å². The first kappa shape index (κ1) is 28.5. The Balaban J connectivity index is 2.14. The fourth-order valence-electron chi connectivity index (χ4n) is 3.35. The molecule has 3 rings (SSSR count). The average molecular weight is 559 g/mol. The minimum atomic E-state index is -5.01. The Labute approximate surface area is 216 Å². The molecule has 0 saturated heterocycles. The number of carboxylic acid groups (broad SMARTS) is 1. The first-order chi connectivity index (χ1) is 17.8. The second-order valence-electron chi connectivity index (χ2n) is 7.60. The Morgan fingerprint density at radius 3 is 2.26 bits per heavy atom. The van der Waals surface area contributed by atoms with E-state index in [-0.39, 0.29) is 37.5 Å². The number of para-hydroxylation sites is 2. The van der Waals surface area contributed by atoms with Gasteiger partial charge in [0.1, 0.15) is 17.3 Å². The molecule has 1 aromatic heterocycles. The van der Waals surface area contributed by atoms with Gasteiger partial charge in [0.25, 0.3) is 5.56 Å². The highest BCUT2D eigenvalue weighted by Gasteiger charge is 2.40. The third kappa shape index (κ3) is 5.43. The van der Waals surface area contributed by atoms with Crippen LogP contribution in [0.15, 0.2) is 64.2 Å². The molecule has 0 spiro atoms. The zero-order chi connectivity index (χ0) is 28.4. The van der Waals surface area contributed by atoms with Crippen molar-refractivity contribution in [2.75, 3.05) is 7.11 Å². The number of carboxylic acids is 1. The van der Waals surface area contributed by atoms with E-state index in [1.54, 1.807) is 0 Å². The topological polar surface area (TPSA) is 109 Å². The summed E-state index contributed by atoms with van der Waals surface area (Å²) < 4.78 is 71.0. The van der Waals surface area contributed by atoms with Gasteiger partial charge >= 0.3 is 23.6 Å². The molecule has 0 aliphatic rings. The fraction of sp³-hybridized carbons (Fsp3) is 0.208. The molecule has 1 N–H and O–H groups in total. The first-order valence-electron chi connectivity index (χ1n) is 10.5. The van der Waals surface area contributed by atoms with E-state index in [2.05, 4.69) is 0 Å². The fourth-order valence-corrected chi connectivity index (χ4v) is 3.54. The quantitative estimate of drug-likeness (QED) is 0.246. The number of aromatic nitrogens is 2. The minimum absolute atomic E-state index is 0.133. The van der Waals surface area contributed by atoms with E-state index in [9.17, 15) is 37.1 Å². The number of hydrogen-bond acceptors (Lipinski definition) is 6. The van der Waals surface area contributed by atoms with Gasteiger partial charge in [-0.25, -0.2) is 18.5 Å². The maximum Gasteiger partial charge on any atom is 0.431 e. The van der Waals surface area contributed by atoms with Crippen molar-refractivity contribution in [1.82, 2.24) is 9.13 Å². The second kappa shape index (κ2) is 10.7. The lowest BCUT2D eigenvalue weighted by molar-refractivity contribution is -0.187. The van der Waals surface area contributed by atoms with Crippen molar-refractivity contribution in [3.05, 3.63) is 92.0 Å². The van der Waals surface area contributed by atoms with Crippen molar-refractivity contribution in [1.29, 1.82) is 0 Å². The molecule has 0 aliphatic heterocycles. The molecule has 1 heterocycles. The summed E-state index contributed by atoms with van der Waals surface area (Å²) in [5.74, 6) is -5.56. The number of methoxy groups -OCH3 is 1. The summed E-state index contributed by atoms with van der Waals surface area (Å²) in [6.45, 7) is 1.54. The average Bonchev–Trinajstić information content (AvgIpc) is 2.83. The third-order valence-electron chi connectivity index (χ3n) is 5.17. The van der Waals surface area contributed by atoms with Crippen LogP contribution in [0.2, 0.25) is 5.02 Å². The maximum absolute atomic E-state index is 14.8. The molecule has 0 fully saturated rings. The van der Waals surface area contributed by atoms with Crippen molar-refractivity contribution >= 4 is 17.6 Å². The lowest BCUT2D eigenvalue weighted by Gasteiger charge is -2.26. The van der Waals surface area contributed by atoms with E-state index in [0.29, 0.717) is 6.07 Å². The van der Waals surface area contributed by atoms with Crippen LogP contribution < -0.4 is 20.7 Å². The SMILES string of the molecule is CC=CC(OC)(Oc1ccccc1Oc1cc(-n2c(=O)cc(C(F)(F)F)n(C)c2=O)c(F)cc1Cl)C(=O)O. The predicted octanol–water partition coefficient (Wildman–Crippen LogP) is 4.52. The summed E-state index contributed by atoms with van der Waals surface area (Å²) in [7, 11) is 1.87. The summed E-state index contributed by atoms with van der Waals surface area (Å²) in [5, 5.41) is 9.29. The van der Waals surface area contributed by atoms with E-state index in [0.717, 1.165) is 26.3 Å². The van der Waals surface area contributed by atoms with Crippen molar-refractivity contribution in [3.63, 3.8) is 0 Å². The number of nitrogens with zero attached hydrogens (tertiary/aromatic N) is 2. The standard InChI is InChI=1S/C24H19ClF4N2O7/c1-4-9-23(36-3,21(33)34)38-17-8-6-5-7-16(17)37-18-11-15(14(26)10-13(18)25)31-20(32)12-19(24(27,28)29)30(2)22(31)35/h4-12H,1-3H3,(H,33,34). The number of benzene rings is 2. The number of allylic oxidation sites excluding steroid dienone is 1. The van der Waals surface area contributed by atoms with Crippen molar-refractivity contribution in [2.24, 2.45) is 7.05 Å². The molecule has 0 saturated carbocycles. The van der Waals surface area contributed by atoms with Gasteiger partial charge in [-0.2, -0.15) is 13.2 Å². The Morgan fingerprint density at radius 2 is 1.71 bits per heavy atom. The number of carbonyl (C=O) groups is 1. The number of halogens is 5. The van der Waals surface area contributed by atoms with E-state index >= 15 is 0 Å².